The van der Waals surface area contributed by atoms with Crippen LogP contribution in [0.25, 0.3) is 0 Å². The van der Waals surface area contributed by atoms with Crippen LogP contribution in [0.2, 0.25) is 5.02 Å². The molecule has 0 aliphatic heterocycles. The third-order valence-corrected chi connectivity index (χ3v) is 5.33. The molecule has 0 aliphatic rings. The van der Waals surface area contributed by atoms with E-state index in [1.165, 1.54) is 16.7 Å². The summed E-state index contributed by atoms with van der Waals surface area (Å²) in [6.07, 6.45) is 4.39. The molecule has 0 aromatic carbocycles. The van der Waals surface area contributed by atoms with Crippen LogP contribution in [0.4, 0.5) is 0 Å². The summed E-state index contributed by atoms with van der Waals surface area (Å²) < 4.78 is 26.6. The van der Waals surface area contributed by atoms with E-state index < -0.39 is 10.0 Å². The molecule has 0 saturated carbocycles. The Kier molecular flexibility index (Phi) is 5.78. The molecule has 7 heteroatoms. The van der Waals surface area contributed by atoms with E-state index in [9.17, 15) is 8.42 Å². The van der Waals surface area contributed by atoms with Gasteiger partial charge in [0.15, 0.2) is 0 Å². The van der Waals surface area contributed by atoms with Gasteiger partial charge in [-0.3, -0.25) is 0 Å². The highest BCUT2D eigenvalue weighted by Crippen LogP contribution is 2.21. The Labute approximate surface area is 118 Å². The number of H-pyrrole nitrogens is 1. The molecule has 0 fully saturated rings. The van der Waals surface area contributed by atoms with Crippen molar-refractivity contribution >= 4 is 33.8 Å². The normalized spacial score (nSPS) is 12.0. The summed E-state index contributed by atoms with van der Waals surface area (Å²) in [4.78, 5) is 2.79. The number of halogens is 1. The third kappa shape index (κ3) is 3.32. The smallest absolute Gasteiger partial charge is 0.246 e. The first-order chi connectivity index (χ1) is 8.45. The molecule has 0 radical (unpaired) electrons. The van der Waals surface area contributed by atoms with Crippen molar-refractivity contribution in [3.8, 4) is 0 Å². The van der Waals surface area contributed by atoms with E-state index in [-0.39, 0.29) is 14.4 Å². The second kappa shape index (κ2) is 6.65. The van der Waals surface area contributed by atoms with E-state index in [0.717, 1.165) is 12.8 Å². The third-order valence-electron chi connectivity index (χ3n) is 2.43. The zero-order valence-electron chi connectivity index (χ0n) is 10.4. The molecule has 0 spiro atoms. The SMILES string of the molecule is CCCN(CCC)S(=O)(=O)c1c[nH]cc(Cl)c1=S. The molecular formula is C11H17ClN2O2S2. The highest BCUT2D eigenvalue weighted by atomic mass is 35.5. The maximum absolute atomic E-state index is 12.5. The molecule has 102 valence electrons. The van der Waals surface area contributed by atoms with Crippen LogP contribution in [0.5, 0.6) is 0 Å². The molecule has 0 unspecified atom stereocenters. The van der Waals surface area contributed by atoms with Crippen LogP contribution in [-0.2, 0) is 10.0 Å². The van der Waals surface area contributed by atoms with Crippen LogP contribution in [-0.4, -0.2) is 30.8 Å². The second-order valence-corrected chi connectivity index (χ2v) is 6.62. The second-order valence-electron chi connectivity index (χ2n) is 3.90. The lowest BCUT2D eigenvalue weighted by Crippen LogP contribution is -2.32. The Hall–Kier alpha value is -0.430. The average molecular weight is 309 g/mol. The molecule has 1 heterocycles. The van der Waals surface area contributed by atoms with E-state index in [1.54, 1.807) is 0 Å². The van der Waals surface area contributed by atoms with Gasteiger partial charge in [0, 0.05) is 25.5 Å². The number of pyridine rings is 1. The van der Waals surface area contributed by atoms with Crippen molar-refractivity contribution in [2.45, 2.75) is 31.6 Å². The van der Waals surface area contributed by atoms with Gasteiger partial charge in [-0.1, -0.05) is 37.7 Å². The maximum atomic E-state index is 12.5. The number of nitrogens with zero attached hydrogens (tertiary/aromatic N) is 1. The maximum Gasteiger partial charge on any atom is 0.246 e. The number of hydrogen-bond acceptors (Lipinski definition) is 3. The van der Waals surface area contributed by atoms with Crippen molar-refractivity contribution in [2.24, 2.45) is 0 Å². The summed E-state index contributed by atoms with van der Waals surface area (Å²) in [5.74, 6) is 0. The molecule has 0 saturated heterocycles. The average Bonchev–Trinajstić information content (AvgIpc) is 2.32. The zero-order valence-corrected chi connectivity index (χ0v) is 12.8. The Morgan fingerprint density at radius 1 is 1.28 bits per heavy atom. The Balaban J connectivity index is 3.26. The molecule has 0 bridgehead atoms. The van der Waals surface area contributed by atoms with Crippen LogP contribution in [0.3, 0.4) is 0 Å². The number of sulfonamides is 1. The molecule has 4 nitrogen and oxygen atoms in total. The first-order valence-electron chi connectivity index (χ1n) is 5.81. The van der Waals surface area contributed by atoms with Crippen molar-refractivity contribution in [1.29, 1.82) is 0 Å². The standard InChI is InChI=1S/C11H17ClN2O2S2/c1-3-5-14(6-4-2)18(15,16)10-8-13-7-9(12)11(10)17/h7-8H,3-6H2,1-2H3,(H,13,17). The molecular weight excluding hydrogens is 292 g/mol. The van der Waals surface area contributed by atoms with E-state index in [2.05, 4.69) is 4.98 Å². The molecule has 1 rings (SSSR count). The summed E-state index contributed by atoms with van der Waals surface area (Å²) in [6, 6.07) is 0. The number of nitrogens with one attached hydrogen (secondary N) is 1. The number of aromatic amines is 1. The van der Waals surface area contributed by atoms with Crippen molar-refractivity contribution < 1.29 is 8.42 Å². The lowest BCUT2D eigenvalue weighted by molar-refractivity contribution is 0.409. The van der Waals surface area contributed by atoms with Crippen LogP contribution >= 0.6 is 23.8 Å². The quantitative estimate of drug-likeness (QED) is 0.821. The lowest BCUT2D eigenvalue weighted by Gasteiger charge is -2.20. The number of rotatable bonds is 6. The molecule has 1 N–H and O–H groups in total. The molecule has 18 heavy (non-hydrogen) atoms. The predicted molar refractivity (Wildman–Crippen MR) is 76.0 cm³/mol. The van der Waals surface area contributed by atoms with E-state index in [0.29, 0.717) is 13.1 Å². The zero-order chi connectivity index (χ0) is 13.8. The molecule has 0 aliphatic carbocycles. The van der Waals surface area contributed by atoms with Crippen molar-refractivity contribution in [3.05, 3.63) is 21.9 Å². The van der Waals surface area contributed by atoms with Crippen LogP contribution in [0.1, 0.15) is 26.7 Å². The van der Waals surface area contributed by atoms with Gasteiger partial charge in [0.25, 0.3) is 0 Å². The van der Waals surface area contributed by atoms with Crippen molar-refractivity contribution in [2.75, 3.05) is 13.1 Å². The van der Waals surface area contributed by atoms with Gasteiger partial charge in [-0.2, -0.15) is 4.31 Å². The number of hydrogen-bond donors (Lipinski definition) is 1. The highest BCUT2D eigenvalue weighted by molar-refractivity contribution is 7.89. The fourth-order valence-electron chi connectivity index (χ4n) is 1.62. The largest absolute Gasteiger partial charge is 0.365 e. The fourth-order valence-corrected chi connectivity index (χ4v) is 3.96. The Bertz CT molecular complexity index is 548. The summed E-state index contributed by atoms with van der Waals surface area (Å²) in [7, 11) is -3.57. The summed E-state index contributed by atoms with van der Waals surface area (Å²) >= 11 is 10.9. The minimum Gasteiger partial charge on any atom is -0.365 e. The van der Waals surface area contributed by atoms with E-state index in [1.807, 2.05) is 13.8 Å². The Morgan fingerprint density at radius 3 is 2.33 bits per heavy atom. The van der Waals surface area contributed by atoms with Gasteiger partial charge in [-0.15, -0.1) is 0 Å². The van der Waals surface area contributed by atoms with E-state index in [4.69, 9.17) is 23.8 Å². The van der Waals surface area contributed by atoms with Gasteiger partial charge in [-0.05, 0) is 12.8 Å². The lowest BCUT2D eigenvalue weighted by atomic mass is 10.4. The molecule has 1 aromatic heterocycles. The van der Waals surface area contributed by atoms with Gasteiger partial charge in [0.2, 0.25) is 10.0 Å². The highest BCUT2D eigenvalue weighted by Gasteiger charge is 2.25. The van der Waals surface area contributed by atoms with Gasteiger partial charge in [-0.25, -0.2) is 8.42 Å². The molecule has 1 aromatic rings. The first kappa shape index (κ1) is 15.6. The monoisotopic (exact) mass is 308 g/mol. The summed E-state index contributed by atoms with van der Waals surface area (Å²) in [6.45, 7) is 4.85. The predicted octanol–water partition coefficient (Wildman–Crippen LogP) is 3.21. The summed E-state index contributed by atoms with van der Waals surface area (Å²) in [5, 5.41) is 0.249. The Morgan fingerprint density at radius 2 is 1.83 bits per heavy atom. The summed E-state index contributed by atoms with van der Waals surface area (Å²) in [5.41, 5.74) is 0. The number of aromatic nitrogens is 1. The van der Waals surface area contributed by atoms with Gasteiger partial charge in [0.05, 0.1) is 9.53 Å². The fraction of sp³-hybridized carbons (Fsp3) is 0.545. The van der Waals surface area contributed by atoms with Crippen LogP contribution in [0.15, 0.2) is 17.3 Å². The van der Waals surface area contributed by atoms with Gasteiger partial charge >= 0.3 is 0 Å². The van der Waals surface area contributed by atoms with Crippen molar-refractivity contribution in [3.63, 3.8) is 0 Å². The minimum absolute atomic E-state index is 0.0758. The molecule has 0 atom stereocenters. The molecule has 0 amide bonds. The topological polar surface area (TPSA) is 53.2 Å². The van der Waals surface area contributed by atoms with Crippen molar-refractivity contribution in [1.82, 2.24) is 9.29 Å². The van der Waals surface area contributed by atoms with Gasteiger partial charge in [0.1, 0.15) is 4.90 Å². The van der Waals surface area contributed by atoms with Gasteiger partial charge < -0.3 is 4.98 Å². The minimum atomic E-state index is -3.57. The van der Waals surface area contributed by atoms with Crippen LogP contribution in [0, 0.1) is 4.51 Å². The van der Waals surface area contributed by atoms with Crippen LogP contribution < -0.4 is 0 Å². The first-order valence-corrected chi connectivity index (χ1v) is 8.04. The van der Waals surface area contributed by atoms with E-state index >= 15 is 0 Å².